The van der Waals surface area contributed by atoms with E-state index in [-0.39, 0.29) is 18.2 Å². The molecule has 0 atom stereocenters. The number of nitrogens with zero attached hydrogens (tertiary/aromatic N) is 2. The van der Waals surface area contributed by atoms with Crippen LogP contribution in [0.5, 0.6) is 0 Å². The van der Waals surface area contributed by atoms with Crippen molar-refractivity contribution in [1.29, 1.82) is 0 Å². The Morgan fingerprint density at radius 2 is 2.00 bits per heavy atom. The minimum atomic E-state index is -0.397. The molecule has 0 saturated carbocycles. The van der Waals surface area contributed by atoms with Crippen LogP contribution in [0.4, 0.5) is 5.69 Å². The fraction of sp³-hybridized carbons (Fsp3) is 0.150. The highest BCUT2D eigenvalue weighted by atomic mass is 79.9. The van der Waals surface area contributed by atoms with Crippen LogP contribution in [0.15, 0.2) is 64.4 Å². The Morgan fingerprint density at radius 1 is 1.24 bits per heavy atom. The summed E-state index contributed by atoms with van der Waals surface area (Å²) in [5.41, 5.74) is 2.29. The lowest BCUT2D eigenvalue weighted by Gasteiger charge is -2.11. The van der Waals surface area contributed by atoms with Crippen LogP contribution in [0, 0.1) is 0 Å². The minimum absolute atomic E-state index is 0.000142. The maximum atomic E-state index is 12.3. The van der Waals surface area contributed by atoms with Crippen molar-refractivity contribution in [3.63, 3.8) is 0 Å². The third-order valence-corrected chi connectivity index (χ3v) is 5.67. The van der Waals surface area contributed by atoms with Crippen LogP contribution in [0.25, 0.3) is 11.3 Å². The average molecular weight is 495 g/mol. The Morgan fingerprint density at radius 3 is 2.69 bits per heavy atom. The number of nitrogens with one attached hydrogen (secondary N) is 1. The van der Waals surface area contributed by atoms with Crippen molar-refractivity contribution in [3.05, 3.63) is 64.2 Å². The number of carbonyl (C=O) groups excluding carboxylic acids is 2. The van der Waals surface area contributed by atoms with E-state index >= 15 is 0 Å². The van der Waals surface area contributed by atoms with Crippen LogP contribution in [0.2, 0.25) is 5.02 Å². The summed E-state index contributed by atoms with van der Waals surface area (Å²) in [5, 5.41) is 3.89. The quantitative estimate of drug-likeness (QED) is 0.375. The van der Waals surface area contributed by atoms with Gasteiger partial charge in [-0.15, -0.1) is 0 Å². The molecule has 3 rings (SSSR count). The van der Waals surface area contributed by atoms with Gasteiger partial charge in [-0.3, -0.25) is 9.59 Å². The molecule has 0 fully saturated rings. The molecular weight excluding hydrogens is 478 g/mol. The van der Waals surface area contributed by atoms with Gasteiger partial charge in [-0.05, 0) is 35.9 Å². The van der Waals surface area contributed by atoms with Gasteiger partial charge in [-0.25, -0.2) is 4.98 Å². The predicted octanol–water partition coefficient (Wildman–Crippen LogP) is 4.87. The molecule has 1 N–H and O–H groups in total. The van der Waals surface area contributed by atoms with Gasteiger partial charge in [-0.2, -0.15) is 0 Å². The molecular formula is C20H17BrClN3O3S. The van der Waals surface area contributed by atoms with Gasteiger partial charge >= 0.3 is 5.97 Å². The molecule has 0 spiro atoms. The number of rotatable bonds is 7. The average Bonchev–Trinajstić information content (AvgIpc) is 3.09. The Bertz CT molecular complexity index is 1020. The number of aromatic nitrogens is 2. The summed E-state index contributed by atoms with van der Waals surface area (Å²) in [7, 11) is 1.34. The van der Waals surface area contributed by atoms with E-state index in [2.05, 4.69) is 26.2 Å². The van der Waals surface area contributed by atoms with E-state index in [4.69, 9.17) is 16.3 Å². The number of amides is 1. The van der Waals surface area contributed by atoms with E-state index in [1.165, 1.54) is 18.9 Å². The molecule has 3 aromatic rings. The number of anilines is 1. The van der Waals surface area contributed by atoms with Crippen LogP contribution < -0.4 is 5.32 Å². The number of hydrogen-bond donors (Lipinski definition) is 1. The largest absolute Gasteiger partial charge is 0.468 e. The second kappa shape index (κ2) is 9.96. The molecule has 150 valence electrons. The monoisotopic (exact) mass is 493 g/mol. The third-order valence-electron chi connectivity index (χ3n) is 3.91. The first-order valence-corrected chi connectivity index (χ1v) is 10.7. The second-order valence-electron chi connectivity index (χ2n) is 5.94. The van der Waals surface area contributed by atoms with E-state index in [0.717, 1.165) is 15.7 Å². The smallest absolute Gasteiger partial charge is 0.325 e. The lowest BCUT2D eigenvalue weighted by atomic mass is 10.2. The van der Waals surface area contributed by atoms with Gasteiger partial charge in [0.25, 0.3) is 0 Å². The third kappa shape index (κ3) is 5.85. The zero-order valence-corrected chi connectivity index (χ0v) is 18.6. The first-order chi connectivity index (χ1) is 14.0. The van der Waals surface area contributed by atoms with Crippen molar-refractivity contribution in [2.24, 2.45) is 0 Å². The summed E-state index contributed by atoms with van der Waals surface area (Å²) in [6, 6.07) is 14.6. The van der Waals surface area contributed by atoms with E-state index < -0.39 is 5.97 Å². The molecule has 1 amide bonds. The van der Waals surface area contributed by atoms with Crippen LogP contribution in [0.1, 0.15) is 0 Å². The lowest BCUT2D eigenvalue weighted by Crippen LogP contribution is -2.16. The van der Waals surface area contributed by atoms with E-state index in [1.807, 2.05) is 24.3 Å². The highest BCUT2D eigenvalue weighted by Crippen LogP contribution is 2.27. The van der Waals surface area contributed by atoms with Crippen LogP contribution in [-0.2, 0) is 20.9 Å². The topological polar surface area (TPSA) is 73.2 Å². The summed E-state index contributed by atoms with van der Waals surface area (Å²) < 4.78 is 7.50. The van der Waals surface area contributed by atoms with Gasteiger partial charge in [0.1, 0.15) is 6.54 Å². The molecule has 1 heterocycles. The summed E-state index contributed by atoms with van der Waals surface area (Å²) in [6.45, 7) is 0.000142. The number of ether oxygens (including phenoxy) is 1. The Kier molecular flexibility index (Phi) is 7.35. The van der Waals surface area contributed by atoms with Crippen LogP contribution in [-0.4, -0.2) is 34.3 Å². The van der Waals surface area contributed by atoms with E-state index in [9.17, 15) is 9.59 Å². The highest BCUT2D eigenvalue weighted by molar-refractivity contribution is 9.10. The Hall–Kier alpha value is -2.29. The number of methoxy groups -OCH3 is 1. The molecule has 0 radical (unpaired) electrons. The van der Waals surface area contributed by atoms with Crippen molar-refractivity contribution in [2.75, 3.05) is 18.2 Å². The van der Waals surface area contributed by atoms with Crippen LogP contribution in [0.3, 0.4) is 0 Å². The van der Waals surface area contributed by atoms with Crippen molar-refractivity contribution in [3.8, 4) is 11.3 Å². The first-order valence-electron chi connectivity index (χ1n) is 8.53. The van der Waals surface area contributed by atoms with Crippen molar-refractivity contribution in [1.82, 2.24) is 9.55 Å². The predicted molar refractivity (Wildman–Crippen MR) is 118 cm³/mol. The normalized spacial score (nSPS) is 10.6. The van der Waals surface area contributed by atoms with Gasteiger partial charge in [0.15, 0.2) is 5.16 Å². The van der Waals surface area contributed by atoms with E-state index in [1.54, 1.807) is 35.0 Å². The number of esters is 1. The number of benzene rings is 2. The molecule has 29 heavy (non-hydrogen) atoms. The summed E-state index contributed by atoms with van der Waals surface area (Å²) in [5.74, 6) is -0.466. The van der Waals surface area contributed by atoms with Gasteiger partial charge in [0.05, 0.1) is 24.8 Å². The molecule has 0 bridgehead atoms. The number of thioether (sulfide) groups is 1. The van der Waals surface area contributed by atoms with Gasteiger partial charge in [-0.1, -0.05) is 57.5 Å². The van der Waals surface area contributed by atoms with Crippen molar-refractivity contribution >= 4 is 56.9 Å². The molecule has 0 aliphatic carbocycles. The summed E-state index contributed by atoms with van der Waals surface area (Å²) >= 11 is 10.6. The Balaban J connectivity index is 1.76. The molecule has 9 heteroatoms. The maximum Gasteiger partial charge on any atom is 0.325 e. The first kappa shape index (κ1) is 21.4. The highest BCUT2D eigenvalue weighted by Gasteiger charge is 2.17. The fourth-order valence-corrected chi connectivity index (χ4v) is 3.80. The number of hydrogen-bond acceptors (Lipinski definition) is 5. The summed E-state index contributed by atoms with van der Waals surface area (Å²) in [6.07, 6.45) is 1.68. The maximum absolute atomic E-state index is 12.3. The Labute approximate surface area is 185 Å². The molecule has 0 unspecified atom stereocenters. The molecule has 0 aliphatic rings. The summed E-state index contributed by atoms with van der Waals surface area (Å²) in [4.78, 5) is 28.6. The molecule has 0 saturated heterocycles. The van der Waals surface area contributed by atoms with Gasteiger partial charge in [0.2, 0.25) is 5.91 Å². The van der Waals surface area contributed by atoms with Crippen LogP contribution >= 0.6 is 39.3 Å². The standard InChI is InChI=1S/C20H17BrClN3O3S/c1-28-19(27)11-25-17(13-5-7-14(21)8-6-13)10-23-20(25)29-12-18(26)24-16-4-2-3-15(22)9-16/h2-10H,11-12H2,1H3,(H,24,26). The van der Waals surface area contributed by atoms with E-state index in [0.29, 0.717) is 15.9 Å². The zero-order valence-electron chi connectivity index (χ0n) is 15.4. The number of imidazole rings is 1. The molecule has 2 aromatic carbocycles. The molecule has 6 nitrogen and oxygen atoms in total. The van der Waals surface area contributed by atoms with Crippen molar-refractivity contribution < 1.29 is 14.3 Å². The molecule has 0 aliphatic heterocycles. The van der Waals surface area contributed by atoms with Gasteiger partial charge in [0, 0.05) is 15.2 Å². The second-order valence-corrected chi connectivity index (χ2v) is 8.24. The fourth-order valence-electron chi connectivity index (χ4n) is 2.56. The lowest BCUT2D eigenvalue weighted by molar-refractivity contribution is -0.141. The molecule has 1 aromatic heterocycles. The van der Waals surface area contributed by atoms with Crippen molar-refractivity contribution in [2.45, 2.75) is 11.7 Å². The minimum Gasteiger partial charge on any atom is -0.468 e. The zero-order chi connectivity index (χ0) is 20.8. The number of carbonyl (C=O) groups is 2. The van der Waals surface area contributed by atoms with Gasteiger partial charge < -0.3 is 14.6 Å². The number of halogens is 2. The SMILES string of the molecule is COC(=O)Cn1c(-c2ccc(Br)cc2)cnc1SCC(=O)Nc1cccc(Cl)c1.